The van der Waals surface area contributed by atoms with Gasteiger partial charge in [0.2, 0.25) is 0 Å². The van der Waals surface area contributed by atoms with Crippen molar-refractivity contribution < 1.29 is 80.2 Å². The fourth-order valence-electron chi connectivity index (χ4n) is 11.5. The highest BCUT2D eigenvalue weighted by Gasteiger charge is 2.30. The smallest absolute Gasteiger partial charge is 0.462 e. The lowest BCUT2D eigenvalue weighted by atomic mass is 10.0. The molecule has 5 atom stereocenters. The molecule has 0 aliphatic rings. The predicted octanol–water partition coefficient (Wildman–Crippen LogP) is 21.9. The van der Waals surface area contributed by atoms with Crippen LogP contribution in [0.1, 0.15) is 388 Å². The summed E-state index contributed by atoms with van der Waals surface area (Å²) in [5, 5.41) is 10.6. The van der Waals surface area contributed by atoms with Crippen LogP contribution in [0, 0.1) is 11.8 Å². The molecule has 19 heteroatoms. The maximum absolute atomic E-state index is 13.1. The van der Waals surface area contributed by atoms with Crippen LogP contribution >= 0.6 is 15.6 Å². The Kier molecular flexibility index (Phi) is 65.5. The summed E-state index contributed by atoms with van der Waals surface area (Å²) in [6.45, 7) is 9.54. The van der Waals surface area contributed by atoms with Crippen LogP contribution in [0.25, 0.3) is 0 Å². The molecule has 0 rings (SSSR count). The van der Waals surface area contributed by atoms with Crippen molar-refractivity contribution in [3.63, 3.8) is 0 Å². The van der Waals surface area contributed by atoms with Gasteiger partial charge in [-0.25, -0.2) is 9.13 Å². The number of hydrogen-bond acceptors (Lipinski definition) is 15. The van der Waals surface area contributed by atoms with Gasteiger partial charge in [-0.1, -0.05) is 337 Å². The van der Waals surface area contributed by atoms with Gasteiger partial charge in [0.15, 0.2) is 12.2 Å². The molecule has 0 aromatic heterocycles. The summed E-state index contributed by atoms with van der Waals surface area (Å²) in [7, 11) is -9.91. The van der Waals surface area contributed by atoms with Gasteiger partial charge in [-0.05, 0) is 37.5 Å². The molecular weight excluding hydrogens is 1230 g/mol. The molecule has 0 aliphatic carbocycles. The molecule has 0 amide bonds. The number of carbonyl (C=O) groups excluding carboxylic acids is 4. The summed E-state index contributed by atoms with van der Waals surface area (Å²) in [5.41, 5.74) is 0. The van der Waals surface area contributed by atoms with Crippen molar-refractivity contribution in [3.8, 4) is 0 Å². The minimum absolute atomic E-state index is 0.104. The first-order valence-electron chi connectivity index (χ1n) is 39.0. The summed E-state index contributed by atoms with van der Waals surface area (Å²) < 4.78 is 68.4. The third-order valence-electron chi connectivity index (χ3n) is 17.5. The van der Waals surface area contributed by atoms with Crippen molar-refractivity contribution in [2.75, 3.05) is 39.6 Å². The van der Waals surface area contributed by atoms with Gasteiger partial charge in [0.1, 0.15) is 19.3 Å². The Bertz CT molecular complexity index is 1820. The highest BCUT2D eigenvalue weighted by Crippen LogP contribution is 2.45. The van der Waals surface area contributed by atoms with Crippen molar-refractivity contribution in [1.82, 2.24) is 0 Å². The quantitative estimate of drug-likeness (QED) is 0.0222. The first-order valence-corrected chi connectivity index (χ1v) is 42.0. The second-order valence-electron chi connectivity index (χ2n) is 28.0. The SMILES string of the molecule is CCCCCCCCCCCCCCCCCCCC(=O)OC[C@H](COP(=O)(O)OC[C@@H](O)COP(=O)(O)OC[C@@H](COC(=O)CCCCCCCCCCC)OC(=O)CCCCCCCCCC(C)C)OC(=O)CCCCCCCCCCCCCCCCCC(C)C. The minimum Gasteiger partial charge on any atom is -0.462 e. The van der Waals surface area contributed by atoms with E-state index in [1.54, 1.807) is 0 Å². The molecule has 0 radical (unpaired) electrons. The number of aliphatic hydroxyl groups excluding tert-OH is 1. The molecule has 0 bridgehead atoms. The van der Waals surface area contributed by atoms with E-state index in [9.17, 15) is 43.2 Å². The van der Waals surface area contributed by atoms with E-state index in [1.165, 1.54) is 205 Å². The van der Waals surface area contributed by atoms with Gasteiger partial charge in [0.05, 0.1) is 26.4 Å². The molecule has 3 N–H and O–H groups in total. The number of carbonyl (C=O) groups is 4. The number of esters is 4. The van der Waals surface area contributed by atoms with Crippen molar-refractivity contribution in [3.05, 3.63) is 0 Å². The molecular formula is C75H146O17P2. The normalized spacial score (nSPS) is 14.0. The Balaban J connectivity index is 5.21. The van der Waals surface area contributed by atoms with Gasteiger partial charge >= 0.3 is 39.5 Å². The fraction of sp³-hybridized carbons (Fsp3) is 0.947. The third kappa shape index (κ3) is 68.6. The van der Waals surface area contributed by atoms with E-state index in [-0.39, 0.29) is 25.7 Å². The molecule has 0 aromatic rings. The lowest BCUT2D eigenvalue weighted by Crippen LogP contribution is -2.30. The van der Waals surface area contributed by atoms with Crippen LogP contribution in [0.4, 0.5) is 0 Å². The monoisotopic (exact) mass is 1380 g/mol. The first kappa shape index (κ1) is 92.1. The molecule has 0 fully saturated rings. The van der Waals surface area contributed by atoms with E-state index in [4.69, 9.17) is 37.0 Å². The summed E-state index contributed by atoms with van der Waals surface area (Å²) in [6, 6.07) is 0. The number of ether oxygens (including phenoxy) is 4. The molecule has 0 aromatic carbocycles. The average molecular weight is 1380 g/mol. The number of hydrogen-bond donors (Lipinski definition) is 3. The van der Waals surface area contributed by atoms with E-state index in [1.807, 2.05) is 0 Å². The van der Waals surface area contributed by atoms with Gasteiger partial charge in [-0.3, -0.25) is 37.3 Å². The molecule has 0 saturated heterocycles. The molecule has 558 valence electrons. The maximum Gasteiger partial charge on any atom is 0.472 e. The lowest BCUT2D eigenvalue weighted by Gasteiger charge is -2.21. The van der Waals surface area contributed by atoms with Crippen LogP contribution in [-0.2, 0) is 65.4 Å². The first-order chi connectivity index (χ1) is 45.4. The Labute approximate surface area is 575 Å². The molecule has 2 unspecified atom stereocenters. The summed E-state index contributed by atoms with van der Waals surface area (Å²) in [4.78, 5) is 72.7. The van der Waals surface area contributed by atoms with Gasteiger partial charge in [0.25, 0.3) is 0 Å². The molecule has 94 heavy (non-hydrogen) atoms. The lowest BCUT2D eigenvalue weighted by molar-refractivity contribution is -0.161. The van der Waals surface area contributed by atoms with Gasteiger partial charge in [-0.2, -0.15) is 0 Å². The molecule has 0 saturated carbocycles. The van der Waals surface area contributed by atoms with E-state index in [0.29, 0.717) is 31.6 Å². The third-order valence-corrected chi connectivity index (χ3v) is 19.4. The number of rotatable bonds is 74. The summed E-state index contributed by atoms with van der Waals surface area (Å²) >= 11 is 0. The maximum atomic E-state index is 13.1. The number of aliphatic hydroxyl groups is 1. The molecule has 0 aliphatic heterocycles. The molecule has 0 spiro atoms. The average Bonchev–Trinajstić information content (AvgIpc) is 1.39. The Morgan fingerprint density at radius 1 is 0.287 bits per heavy atom. The summed E-state index contributed by atoms with van der Waals surface area (Å²) in [5.74, 6) is -0.622. The highest BCUT2D eigenvalue weighted by atomic mass is 31.2. The van der Waals surface area contributed by atoms with Crippen molar-refractivity contribution >= 4 is 39.5 Å². The van der Waals surface area contributed by atoms with E-state index < -0.39 is 97.5 Å². The highest BCUT2D eigenvalue weighted by molar-refractivity contribution is 7.47. The summed E-state index contributed by atoms with van der Waals surface area (Å²) in [6.07, 6.45) is 54.3. The zero-order valence-electron chi connectivity index (χ0n) is 61.3. The van der Waals surface area contributed by atoms with E-state index in [0.717, 1.165) is 95.8 Å². The zero-order chi connectivity index (χ0) is 69.3. The fourth-order valence-corrected chi connectivity index (χ4v) is 13.1. The second-order valence-corrected chi connectivity index (χ2v) is 30.9. The second kappa shape index (κ2) is 66.9. The zero-order valence-corrected chi connectivity index (χ0v) is 63.1. The van der Waals surface area contributed by atoms with E-state index in [2.05, 4.69) is 41.5 Å². The number of phosphoric acid groups is 2. The van der Waals surface area contributed by atoms with Gasteiger partial charge in [-0.15, -0.1) is 0 Å². The van der Waals surface area contributed by atoms with Crippen molar-refractivity contribution in [1.29, 1.82) is 0 Å². The van der Waals surface area contributed by atoms with Crippen LogP contribution in [0.15, 0.2) is 0 Å². The van der Waals surface area contributed by atoms with Crippen LogP contribution < -0.4 is 0 Å². The van der Waals surface area contributed by atoms with Crippen molar-refractivity contribution in [2.45, 2.75) is 407 Å². The Morgan fingerprint density at radius 3 is 0.723 bits per heavy atom. The Morgan fingerprint density at radius 2 is 0.489 bits per heavy atom. The molecule has 0 heterocycles. The topological polar surface area (TPSA) is 237 Å². The minimum atomic E-state index is -4.96. The van der Waals surface area contributed by atoms with Crippen LogP contribution in [0.2, 0.25) is 0 Å². The van der Waals surface area contributed by atoms with Crippen LogP contribution in [-0.4, -0.2) is 96.7 Å². The van der Waals surface area contributed by atoms with Crippen molar-refractivity contribution in [2.24, 2.45) is 11.8 Å². The largest absolute Gasteiger partial charge is 0.472 e. The van der Waals surface area contributed by atoms with Crippen LogP contribution in [0.5, 0.6) is 0 Å². The Hall–Kier alpha value is -1.94. The molecule has 17 nitrogen and oxygen atoms in total. The number of phosphoric ester groups is 2. The van der Waals surface area contributed by atoms with E-state index >= 15 is 0 Å². The van der Waals surface area contributed by atoms with Gasteiger partial charge in [0, 0.05) is 25.7 Å². The predicted molar refractivity (Wildman–Crippen MR) is 381 cm³/mol. The van der Waals surface area contributed by atoms with Gasteiger partial charge < -0.3 is 33.8 Å². The number of unbranched alkanes of at least 4 members (excludes halogenated alkanes) is 44. The standard InChI is InChI=1S/C75H146O17P2/c1-7-9-11-13-15-17-18-19-20-21-24-27-30-34-40-46-52-58-73(78)86-63-70(91-74(79)59-53-47-41-35-31-28-25-22-23-26-29-33-37-43-49-55-67(3)4)65-89-93(81,82)87-61-69(76)62-88-94(83,84)90-66-71(64-85-72(77)57-51-45-39-32-16-14-12-10-8-2)92-75(80)60-54-48-42-36-38-44-50-56-68(5)6/h67-71,76H,7-66H2,1-6H3,(H,81,82)(H,83,84)/t69-,70-,71-/m1/s1. The van der Waals surface area contributed by atoms with Crippen LogP contribution in [0.3, 0.4) is 0 Å².